The Labute approximate surface area is 121 Å². The Balaban J connectivity index is 1.83. The van der Waals surface area contributed by atoms with Crippen LogP contribution in [-0.2, 0) is 13.0 Å². The minimum atomic E-state index is -0.457. The van der Waals surface area contributed by atoms with Gasteiger partial charge < -0.3 is 4.74 Å². The monoisotopic (exact) mass is 290 g/mol. The molecule has 0 unspecified atom stereocenters. The second-order valence-corrected chi connectivity index (χ2v) is 5.09. The van der Waals surface area contributed by atoms with Gasteiger partial charge in [-0.3, -0.25) is 4.79 Å². The first kappa shape index (κ1) is 13.1. The molecule has 2 aromatic rings. The molecule has 1 aliphatic carbocycles. The largest absolute Gasteiger partial charge is 0.489 e. The fraction of sp³-hybridized carbons (Fsp3) is 0.188. The summed E-state index contributed by atoms with van der Waals surface area (Å²) in [5, 5.41) is 0.0798. The number of ketones is 1. The molecule has 2 nitrogen and oxygen atoms in total. The third-order valence-electron chi connectivity index (χ3n) is 3.45. The van der Waals surface area contributed by atoms with Crippen molar-refractivity contribution in [3.05, 3.63) is 63.9 Å². The molecule has 2 aromatic carbocycles. The van der Waals surface area contributed by atoms with Crippen molar-refractivity contribution in [1.29, 1.82) is 0 Å². The van der Waals surface area contributed by atoms with Crippen LogP contribution in [-0.4, -0.2) is 5.78 Å². The Morgan fingerprint density at radius 2 is 1.95 bits per heavy atom. The highest BCUT2D eigenvalue weighted by atomic mass is 35.5. The molecule has 0 atom stereocenters. The summed E-state index contributed by atoms with van der Waals surface area (Å²) in [5.41, 5.74) is 2.26. The topological polar surface area (TPSA) is 26.3 Å². The molecule has 0 fully saturated rings. The summed E-state index contributed by atoms with van der Waals surface area (Å²) in [6.45, 7) is 0.182. The summed E-state index contributed by atoms with van der Waals surface area (Å²) < 4.78 is 19.1. The lowest BCUT2D eigenvalue weighted by Crippen LogP contribution is -2.00. The van der Waals surface area contributed by atoms with Crippen LogP contribution in [0.1, 0.15) is 27.9 Å². The summed E-state index contributed by atoms with van der Waals surface area (Å²) in [6.07, 6.45) is 1.22. The highest BCUT2D eigenvalue weighted by Gasteiger charge is 2.22. The summed E-state index contributed by atoms with van der Waals surface area (Å²) in [5.74, 6) is 0.365. The van der Waals surface area contributed by atoms with Crippen LogP contribution in [0.5, 0.6) is 5.75 Å². The molecule has 4 heteroatoms. The first-order chi connectivity index (χ1) is 9.66. The molecule has 0 heterocycles. The molecule has 0 aromatic heterocycles. The zero-order valence-corrected chi connectivity index (χ0v) is 11.4. The molecule has 0 amide bonds. The normalized spacial score (nSPS) is 13.4. The van der Waals surface area contributed by atoms with E-state index >= 15 is 0 Å². The molecular weight excluding hydrogens is 279 g/mol. The molecule has 0 bridgehead atoms. The lowest BCUT2D eigenvalue weighted by molar-refractivity contribution is 0.0994. The van der Waals surface area contributed by atoms with Crippen LogP contribution in [0.4, 0.5) is 4.39 Å². The molecule has 0 N–H and O–H groups in total. The molecule has 102 valence electrons. The second-order valence-electron chi connectivity index (χ2n) is 4.71. The number of Topliss-reactive ketones (excluding diaryl/α,β-unsaturated/α-hetero) is 1. The molecule has 20 heavy (non-hydrogen) atoms. The Morgan fingerprint density at radius 3 is 2.80 bits per heavy atom. The van der Waals surface area contributed by atoms with Gasteiger partial charge in [-0.1, -0.05) is 35.9 Å². The number of carbonyl (C=O) groups is 1. The zero-order valence-electron chi connectivity index (χ0n) is 10.7. The number of ether oxygens (including phenoxy) is 1. The van der Waals surface area contributed by atoms with E-state index in [-0.39, 0.29) is 17.4 Å². The van der Waals surface area contributed by atoms with E-state index in [4.69, 9.17) is 16.3 Å². The van der Waals surface area contributed by atoms with E-state index < -0.39 is 5.82 Å². The van der Waals surface area contributed by atoms with Crippen LogP contribution >= 0.6 is 11.6 Å². The van der Waals surface area contributed by atoms with Crippen molar-refractivity contribution in [3.8, 4) is 5.75 Å². The van der Waals surface area contributed by atoms with Gasteiger partial charge in [0, 0.05) is 23.1 Å². The van der Waals surface area contributed by atoms with Crippen molar-refractivity contribution < 1.29 is 13.9 Å². The number of benzene rings is 2. The standard InChI is InChI=1S/C16H12ClFO2/c17-16-10(3-1-5-13(16)18)9-20-15-6-2-4-11-12(15)7-8-14(11)19/h1-6H,7-9H2. The minimum Gasteiger partial charge on any atom is -0.489 e. The van der Waals surface area contributed by atoms with E-state index in [1.165, 1.54) is 6.07 Å². The van der Waals surface area contributed by atoms with E-state index in [2.05, 4.69) is 0 Å². The van der Waals surface area contributed by atoms with E-state index in [1.54, 1.807) is 18.2 Å². The van der Waals surface area contributed by atoms with E-state index in [0.29, 0.717) is 24.2 Å². The van der Waals surface area contributed by atoms with Crippen LogP contribution in [0.15, 0.2) is 36.4 Å². The van der Waals surface area contributed by atoms with Crippen molar-refractivity contribution in [2.24, 2.45) is 0 Å². The predicted molar refractivity (Wildman–Crippen MR) is 74.8 cm³/mol. The van der Waals surface area contributed by atoms with Gasteiger partial charge >= 0.3 is 0 Å². The van der Waals surface area contributed by atoms with E-state index in [9.17, 15) is 9.18 Å². The second kappa shape index (κ2) is 5.25. The maximum Gasteiger partial charge on any atom is 0.163 e. The Morgan fingerprint density at radius 1 is 1.15 bits per heavy atom. The molecule has 0 spiro atoms. The van der Waals surface area contributed by atoms with Crippen molar-refractivity contribution in [3.63, 3.8) is 0 Å². The number of fused-ring (bicyclic) bond motifs is 1. The lowest BCUT2D eigenvalue weighted by atomic mass is 10.1. The number of rotatable bonds is 3. The predicted octanol–water partition coefficient (Wildman–Crippen LogP) is 4.19. The highest BCUT2D eigenvalue weighted by Crippen LogP contribution is 2.31. The van der Waals surface area contributed by atoms with E-state index in [1.807, 2.05) is 12.1 Å². The number of halogens is 2. The quantitative estimate of drug-likeness (QED) is 0.847. The van der Waals surface area contributed by atoms with Gasteiger partial charge in [-0.15, -0.1) is 0 Å². The van der Waals surface area contributed by atoms with Crippen molar-refractivity contribution >= 4 is 17.4 Å². The lowest BCUT2D eigenvalue weighted by Gasteiger charge is -2.11. The fourth-order valence-electron chi connectivity index (χ4n) is 2.41. The SMILES string of the molecule is O=C1CCc2c(OCc3cccc(F)c3Cl)cccc21. The summed E-state index contributed by atoms with van der Waals surface area (Å²) in [7, 11) is 0. The molecule has 0 saturated heterocycles. The molecule has 0 saturated carbocycles. The van der Waals surface area contributed by atoms with Crippen molar-refractivity contribution in [2.45, 2.75) is 19.4 Å². The molecule has 0 radical (unpaired) electrons. The highest BCUT2D eigenvalue weighted by molar-refractivity contribution is 6.31. The van der Waals surface area contributed by atoms with E-state index in [0.717, 1.165) is 11.1 Å². The van der Waals surface area contributed by atoms with Crippen LogP contribution in [0.3, 0.4) is 0 Å². The smallest absolute Gasteiger partial charge is 0.163 e. The number of carbonyl (C=O) groups excluding carboxylic acids is 1. The zero-order chi connectivity index (χ0) is 14.1. The van der Waals surface area contributed by atoms with Gasteiger partial charge in [-0.05, 0) is 18.6 Å². The van der Waals surface area contributed by atoms with Gasteiger partial charge in [0.1, 0.15) is 18.2 Å². The summed E-state index contributed by atoms with van der Waals surface area (Å²) >= 11 is 5.89. The molecule has 1 aliphatic rings. The number of hydrogen-bond acceptors (Lipinski definition) is 2. The molecular formula is C16H12ClFO2. The van der Waals surface area contributed by atoms with Crippen molar-refractivity contribution in [1.82, 2.24) is 0 Å². The third-order valence-corrected chi connectivity index (χ3v) is 3.87. The maximum atomic E-state index is 13.3. The van der Waals surface area contributed by atoms with Gasteiger partial charge in [-0.25, -0.2) is 4.39 Å². The van der Waals surface area contributed by atoms with Crippen LogP contribution in [0, 0.1) is 5.82 Å². The number of hydrogen-bond donors (Lipinski definition) is 0. The minimum absolute atomic E-state index is 0.0798. The fourth-order valence-corrected chi connectivity index (χ4v) is 2.59. The molecule has 3 rings (SSSR count). The Kier molecular flexibility index (Phi) is 3.45. The van der Waals surface area contributed by atoms with Crippen LogP contribution < -0.4 is 4.74 Å². The molecule has 0 aliphatic heterocycles. The van der Waals surface area contributed by atoms with Gasteiger partial charge in [0.25, 0.3) is 0 Å². The third kappa shape index (κ3) is 2.29. The Bertz CT molecular complexity index is 682. The average molecular weight is 291 g/mol. The first-order valence-electron chi connectivity index (χ1n) is 6.37. The van der Waals surface area contributed by atoms with Gasteiger partial charge in [0.15, 0.2) is 5.78 Å². The van der Waals surface area contributed by atoms with Gasteiger partial charge in [0.2, 0.25) is 0 Å². The summed E-state index contributed by atoms with van der Waals surface area (Å²) in [4.78, 5) is 11.7. The maximum absolute atomic E-state index is 13.3. The van der Waals surface area contributed by atoms with Gasteiger partial charge in [-0.2, -0.15) is 0 Å². The summed E-state index contributed by atoms with van der Waals surface area (Å²) in [6, 6.07) is 10.1. The van der Waals surface area contributed by atoms with Crippen LogP contribution in [0.25, 0.3) is 0 Å². The van der Waals surface area contributed by atoms with Gasteiger partial charge in [0.05, 0.1) is 5.02 Å². The van der Waals surface area contributed by atoms with Crippen molar-refractivity contribution in [2.75, 3.05) is 0 Å². The average Bonchev–Trinajstić information content (AvgIpc) is 2.83. The van der Waals surface area contributed by atoms with Crippen LogP contribution in [0.2, 0.25) is 5.02 Å². The first-order valence-corrected chi connectivity index (χ1v) is 6.75. The Hall–Kier alpha value is -1.87.